The molecule has 0 unspecified atom stereocenters. The molecule has 7 nitrogen and oxygen atoms in total. The molecule has 1 heterocycles. The number of halogens is 1. The highest BCUT2D eigenvalue weighted by Crippen LogP contribution is 2.28. The molecule has 0 saturated carbocycles. The lowest BCUT2D eigenvalue weighted by molar-refractivity contribution is -0.117. The summed E-state index contributed by atoms with van der Waals surface area (Å²) in [6.07, 6.45) is 1.40. The van der Waals surface area contributed by atoms with Gasteiger partial charge in [0.05, 0.1) is 11.2 Å². The summed E-state index contributed by atoms with van der Waals surface area (Å²) in [5.74, 6) is -0.899. The van der Waals surface area contributed by atoms with Crippen molar-refractivity contribution >= 4 is 49.0 Å². The number of rotatable bonds is 6. The first-order valence-corrected chi connectivity index (χ1v) is 11.2. The molecule has 0 aliphatic carbocycles. The highest BCUT2D eigenvalue weighted by atomic mass is 79.9. The summed E-state index contributed by atoms with van der Waals surface area (Å²) in [6, 6.07) is 15.6. The van der Waals surface area contributed by atoms with Gasteiger partial charge in [-0.2, -0.15) is 0 Å². The number of benzene rings is 2. The zero-order chi connectivity index (χ0) is 21.9. The standard InChI is InChI=1S/C21H19BrN2O5S/c1-21(2,30(27,28)17-11-5-14(22)6-12-17)20(26)24-16-9-7-15(8-10-16)23-19(25)18-4-3-13-29-18/h3-13H,1-2H3,(H,23,25)(H,24,26). The number of carbonyl (C=O) groups excluding carboxylic acids is 2. The fourth-order valence-electron chi connectivity index (χ4n) is 2.55. The molecule has 0 saturated heterocycles. The topological polar surface area (TPSA) is 105 Å². The monoisotopic (exact) mass is 490 g/mol. The number of sulfone groups is 1. The van der Waals surface area contributed by atoms with Gasteiger partial charge in [-0.25, -0.2) is 8.42 Å². The third kappa shape index (κ3) is 4.47. The van der Waals surface area contributed by atoms with Crippen molar-refractivity contribution in [2.24, 2.45) is 0 Å². The first-order valence-electron chi connectivity index (χ1n) is 8.88. The van der Waals surface area contributed by atoms with E-state index in [9.17, 15) is 18.0 Å². The zero-order valence-electron chi connectivity index (χ0n) is 16.2. The Labute approximate surface area is 182 Å². The maximum absolute atomic E-state index is 13.0. The third-order valence-electron chi connectivity index (χ3n) is 4.49. The molecular formula is C21H19BrN2O5S. The minimum absolute atomic E-state index is 0.0573. The Morgan fingerprint density at radius 1 is 0.900 bits per heavy atom. The number of nitrogens with one attached hydrogen (secondary N) is 2. The van der Waals surface area contributed by atoms with Gasteiger partial charge in [0.2, 0.25) is 5.91 Å². The van der Waals surface area contributed by atoms with Crippen molar-refractivity contribution in [1.82, 2.24) is 0 Å². The molecule has 3 aromatic rings. The van der Waals surface area contributed by atoms with Crippen LogP contribution >= 0.6 is 15.9 Å². The third-order valence-corrected chi connectivity index (χ3v) is 7.44. The van der Waals surface area contributed by atoms with Crippen molar-refractivity contribution < 1.29 is 22.4 Å². The summed E-state index contributed by atoms with van der Waals surface area (Å²) in [6.45, 7) is 2.72. The molecule has 0 atom stereocenters. The fourth-order valence-corrected chi connectivity index (χ4v) is 4.19. The summed E-state index contributed by atoms with van der Waals surface area (Å²) in [5, 5.41) is 5.28. The van der Waals surface area contributed by atoms with E-state index in [0.717, 1.165) is 4.47 Å². The van der Waals surface area contributed by atoms with Crippen LogP contribution in [0.2, 0.25) is 0 Å². The van der Waals surface area contributed by atoms with Gasteiger partial charge < -0.3 is 15.1 Å². The Morgan fingerprint density at radius 2 is 1.47 bits per heavy atom. The highest BCUT2D eigenvalue weighted by molar-refractivity contribution is 9.10. The average Bonchev–Trinajstić information content (AvgIpc) is 3.24. The van der Waals surface area contributed by atoms with Crippen LogP contribution in [0.15, 0.2) is 80.7 Å². The number of amides is 2. The average molecular weight is 491 g/mol. The molecule has 1 aromatic heterocycles. The van der Waals surface area contributed by atoms with E-state index < -0.39 is 26.4 Å². The van der Waals surface area contributed by atoms with Crippen molar-refractivity contribution in [2.45, 2.75) is 23.5 Å². The van der Waals surface area contributed by atoms with Gasteiger partial charge in [0.1, 0.15) is 4.75 Å². The Morgan fingerprint density at radius 3 is 2.00 bits per heavy atom. The predicted octanol–water partition coefficient (Wildman–Crippen LogP) is 4.49. The molecule has 9 heteroatoms. The molecule has 0 aliphatic heterocycles. The van der Waals surface area contributed by atoms with Crippen LogP contribution in [0.5, 0.6) is 0 Å². The molecule has 0 fully saturated rings. The molecule has 2 amide bonds. The van der Waals surface area contributed by atoms with Crippen molar-refractivity contribution in [2.75, 3.05) is 10.6 Å². The van der Waals surface area contributed by atoms with Crippen molar-refractivity contribution in [3.63, 3.8) is 0 Å². The van der Waals surface area contributed by atoms with Crippen LogP contribution in [0, 0.1) is 0 Å². The molecule has 3 rings (SSSR count). The molecule has 0 aliphatic rings. The lowest BCUT2D eigenvalue weighted by Gasteiger charge is -2.24. The largest absolute Gasteiger partial charge is 0.459 e. The Hall–Kier alpha value is -2.91. The summed E-state index contributed by atoms with van der Waals surface area (Å²) >= 11 is 3.26. The minimum Gasteiger partial charge on any atom is -0.459 e. The SMILES string of the molecule is CC(C)(C(=O)Nc1ccc(NC(=O)c2ccco2)cc1)S(=O)(=O)c1ccc(Br)cc1. The van der Waals surface area contributed by atoms with Crippen LogP contribution in [0.25, 0.3) is 0 Å². The van der Waals surface area contributed by atoms with Crippen LogP contribution in [0.3, 0.4) is 0 Å². The molecular weight excluding hydrogens is 472 g/mol. The van der Waals surface area contributed by atoms with E-state index in [2.05, 4.69) is 26.6 Å². The summed E-state index contributed by atoms with van der Waals surface area (Å²) in [7, 11) is -3.92. The molecule has 2 aromatic carbocycles. The lowest BCUT2D eigenvalue weighted by atomic mass is 10.2. The van der Waals surface area contributed by atoms with E-state index in [4.69, 9.17) is 4.42 Å². The number of anilines is 2. The predicted molar refractivity (Wildman–Crippen MR) is 117 cm³/mol. The van der Waals surface area contributed by atoms with Gasteiger partial charge in [-0.3, -0.25) is 9.59 Å². The molecule has 0 bridgehead atoms. The Bertz CT molecular complexity index is 1150. The molecule has 30 heavy (non-hydrogen) atoms. The van der Waals surface area contributed by atoms with Gasteiger partial charge in [-0.1, -0.05) is 15.9 Å². The quantitative estimate of drug-likeness (QED) is 0.529. The van der Waals surface area contributed by atoms with Crippen molar-refractivity contribution in [3.8, 4) is 0 Å². The second kappa shape index (κ2) is 8.45. The Kier molecular flexibility index (Phi) is 6.14. The number of hydrogen-bond acceptors (Lipinski definition) is 5. The smallest absolute Gasteiger partial charge is 0.291 e. The fraction of sp³-hybridized carbons (Fsp3) is 0.143. The highest BCUT2D eigenvalue weighted by Gasteiger charge is 2.42. The van der Waals surface area contributed by atoms with E-state index in [1.165, 1.54) is 38.3 Å². The number of carbonyl (C=O) groups is 2. The normalized spacial score (nSPS) is 11.7. The van der Waals surface area contributed by atoms with E-state index >= 15 is 0 Å². The van der Waals surface area contributed by atoms with E-state index in [0.29, 0.717) is 11.4 Å². The van der Waals surface area contributed by atoms with Crippen LogP contribution < -0.4 is 10.6 Å². The van der Waals surface area contributed by atoms with Crippen LogP contribution in [0.4, 0.5) is 11.4 Å². The first kappa shape index (κ1) is 21.8. The van der Waals surface area contributed by atoms with Crippen molar-refractivity contribution in [1.29, 1.82) is 0 Å². The van der Waals surface area contributed by atoms with Crippen LogP contribution in [-0.2, 0) is 14.6 Å². The minimum atomic E-state index is -3.92. The van der Waals surface area contributed by atoms with E-state index in [1.807, 2.05) is 0 Å². The Balaban J connectivity index is 1.71. The molecule has 2 N–H and O–H groups in total. The van der Waals surface area contributed by atoms with Gasteiger partial charge in [0, 0.05) is 15.8 Å². The van der Waals surface area contributed by atoms with Crippen molar-refractivity contribution in [3.05, 3.63) is 77.2 Å². The lowest BCUT2D eigenvalue weighted by Crippen LogP contribution is -2.44. The maximum Gasteiger partial charge on any atom is 0.291 e. The zero-order valence-corrected chi connectivity index (χ0v) is 18.6. The second-order valence-electron chi connectivity index (χ2n) is 6.93. The second-order valence-corrected chi connectivity index (χ2v) is 10.3. The summed E-state index contributed by atoms with van der Waals surface area (Å²) < 4.78 is 30.0. The molecule has 0 radical (unpaired) electrons. The van der Waals surface area contributed by atoms with Gasteiger partial charge in [0.15, 0.2) is 15.6 Å². The maximum atomic E-state index is 13.0. The van der Waals surface area contributed by atoms with Gasteiger partial charge in [0.25, 0.3) is 5.91 Å². The summed E-state index contributed by atoms with van der Waals surface area (Å²) in [5.41, 5.74) is 0.895. The van der Waals surface area contributed by atoms with Crippen LogP contribution in [-0.4, -0.2) is 25.0 Å². The van der Waals surface area contributed by atoms with Gasteiger partial charge in [-0.15, -0.1) is 0 Å². The van der Waals surface area contributed by atoms with Gasteiger partial charge in [-0.05, 0) is 74.5 Å². The summed E-state index contributed by atoms with van der Waals surface area (Å²) in [4.78, 5) is 24.8. The van der Waals surface area contributed by atoms with Gasteiger partial charge >= 0.3 is 0 Å². The molecule has 156 valence electrons. The van der Waals surface area contributed by atoms with E-state index in [1.54, 1.807) is 42.5 Å². The first-order chi connectivity index (χ1) is 14.1. The number of furan rings is 1. The number of hydrogen-bond donors (Lipinski definition) is 2. The van der Waals surface area contributed by atoms with E-state index in [-0.39, 0.29) is 10.7 Å². The molecule has 0 spiro atoms. The van der Waals surface area contributed by atoms with Crippen LogP contribution in [0.1, 0.15) is 24.4 Å².